The zero-order valence-electron chi connectivity index (χ0n) is 8.51. The predicted molar refractivity (Wildman–Crippen MR) is 57.9 cm³/mol. The van der Waals surface area contributed by atoms with Crippen molar-refractivity contribution in [3.05, 3.63) is 34.4 Å². The molecule has 5 nitrogen and oxygen atoms in total. The molecule has 1 rings (SSSR count). The molecule has 0 bridgehead atoms. The van der Waals surface area contributed by atoms with E-state index in [0.29, 0.717) is 12.1 Å². The number of nitro groups is 1. The molecule has 1 atom stereocenters. The fourth-order valence-electron chi connectivity index (χ4n) is 1.25. The van der Waals surface area contributed by atoms with Gasteiger partial charge in [-0.25, -0.2) is 0 Å². The zero-order valence-corrected chi connectivity index (χ0v) is 8.51. The first-order valence-electron chi connectivity index (χ1n) is 4.79. The van der Waals surface area contributed by atoms with E-state index in [1.54, 1.807) is 18.2 Å². The number of nitrogens with one attached hydrogen (secondary N) is 1. The molecular weight excluding hydrogens is 196 g/mol. The quantitative estimate of drug-likeness (QED) is 0.573. The normalized spacial score (nSPS) is 12.1. The largest absolute Gasteiger partial charge is 0.394 e. The lowest BCUT2D eigenvalue weighted by Crippen LogP contribution is -2.22. The monoisotopic (exact) mass is 210 g/mol. The summed E-state index contributed by atoms with van der Waals surface area (Å²) in [6.07, 6.45) is 0.711. The maximum absolute atomic E-state index is 10.7. The van der Waals surface area contributed by atoms with E-state index in [0.717, 1.165) is 0 Å². The molecule has 1 aromatic carbocycles. The molecule has 0 amide bonds. The van der Waals surface area contributed by atoms with Crippen LogP contribution in [0.2, 0.25) is 0 Å². The molecule has 0 aliphatic carbocycles. The standard InChI is InChI=1S/C10H14N2O3/c1-2-8(7-13)11-9-5-3-4-6-10(9)12(14)15/h3-6,8,11,13H,2,7H2,1H3/t8-/m0/s1. The van der Waals surface area contributed by atoms with Crippen LogP contribution in [0.25, 0.3) is 0 Å². The van der Waals surface area contributed by atoms with Gasteiger partial charge >= 0.3 is 0 Å². The molecule has 0 aliphatic heterocycles. The Bertz CT molecular complexity index is 337. The fourth-order valence-corrected chi connectivity index (χ4v) is 1.25. The van der Waals surface area contributed by atoms with Gasteiger partial charge in [0.2, 0.25) is 0 Å². The first-order chi connectivity index (χ1) is 7.19. The minimum atomic E-state index is -0.438. The molecule has 5 heteroatoms. The van der Waals surface area contributed by atoms with E-state index in [1.807, 2.05) is 6.92 Å². The molecule has 0 fully saturated rings. The van der Waals surface area contributed by atoms with Crippen molar-refractivity contribution in [1.29, 1.82) is 0 Å². The summed E-state index contributed by atoms with van der Waals surface area (Å²) in [6.45, 7) is 1.87. The number of aliphatic hydroxyl groups is 1. The SMILES string of the molecule is CC[C@@H](CO)Nc1ccccc1[N+](=O)[O-]. The van der Waals surface area contributed by atoms with Crippen LogP contribution in [-0.4, -0.2) is 22.7 Å². The highest BCUT2D eigenvalue weighted by Gasteiger charge is 2.14. The van der Waals surface area contributed by atoms with Crippen molar-refractivity contribution in [2.45, 2.75) is 19.4 Å². The molecule has 0 saturated heterocycles. The van der Waals surface area contributed by atoms with Crippen LogP contribution >= 0.6 is 0 Å². The van der Waals surface area contributed by atoms with Crippen molar-refractivity contribution in [3.8, 4) is 0 Å². The van der Waals surface area contributed by atoms with E-state index < -0.39 is 4.92 Å². The predicted octanol–water partition coefficient (Wildman–Crippen LogP) is 1.78. The van der Waals surface area contributed by atoms with Gasteiger partial charge in [-0.2, -0.15) is 0 Å². The number of rotatable bonds is 5. The van der Waals surface area contributed by atoms with E-state index in [1.165, 1.54) is 6.07 Å². The third-order valence-electron chi connectivity index (χ3n) is 2.17. The molecular formula is C10H14N2O3. The van der Waals surface area contributed by atoms with Crippen LogP contribution in [0.4, 0.5) is 11.4 Å². The zero-order chi connectivity index (χ0) is 11.3. The minimum Gasteiger partial charge on any atom is -0.394 e. The molecule has 1 aromatic rings. The highest BCUT2D eigenvalue weighted by molar-refractivity contribution is 5.61. The molecule has 0 aliphatic rings. The number of nitro benzene ring substituents is 1. The second kappa shape index (κ2) is 5.31. The lowest BCUT2D eigenvalue weighted by atomic mass is 10.2. The number of hydrogen-bond acceptors (Lipinski definition) is 4. The van der Waals surface area contributed by atoms with Gasteiger partial charge in [-0.1, -0.05) is 19.1 Å². The lowest BCUT2D eigenvalue weighted by Gasteiger charge is -2.15. The molecule has 0 unspecified atom stereocenters. The van der Waals surface area contributed by atoms with Gasteiger partial charge < -0.3 is 10.4 Å². The van der Waals surface area contributed by atoms with Crippen LogP contribution in [0.3, 0.4) is 0 Å². The van der Waals surface area contributed by atoms with E-state index in [-0.39, 0.29) is 18.3 Å². The summed E-state index contributed by atoms with van der Waals surface area (Å²) in [5.41, 5.74) is 0.479. The molecule has 2 N–H and O–H groups in total. The maximum atomic E-state index is 10.7. The molecule has 15 heavy (non-hydrogen) atoms. The van der Waals surface area contributed by atoms with Crippen LogP contribution in [-0.2, 0) is 0 Å². The third kappa shape index (κ3) is 2.92. The second-order valence-electron chi connectivity index (χ2n) is 3.21. The first-order valence-corrected chi connectivity index (χ1v) is 4.79. The Kier molecular flexibility index (Phi) is 4.05. The first kappa shape index (κ1) is 11.5. The Morgan fingerprint density at radius 3 is 2.73 bits per heavy atom. The number of benzene rings is 1. The van der Waals surface area contributed by atoms with Crippen molar-refractivity contribution in [2.24, 2.45) is 0 Å². The Morgan fingerprint density at radius 1 is 1.53 bits per heavy atom. The molecule has 0 aromatic heterocycles. The highest BCUT2D eigenvalue weighted by Crippen LogP contribution is 2.24. The van der Waals surface area contributed by atoms with Crippen molar-refractivity contribution in [3.63, 3.8) is 0 Å². The number of nitrogens with zero attached hydrogens (tertiary/aromatic N) is 1. The Hall–Kier alpha value is -1.62. The molecule has 0 saturated carbocycles. The average molecular weight is 210 g/mol. The Balaban J connectivity index is 2.88. The second-order valence-corrected chi connectivity index (χ2v) is 3.21. The van der Waals surface area contributed by atoms with E-state index >= 15 is 0 Å². The van der Waals surface area contributed by atoms with Crippen LogP contribution < -0.4 is 5.32 Å². The highest BCUT2D eigenvalue weighted by atomic mass is 16.6. The van der Waals surface area contributed by atoms with Gasteiger partial charge in [0, 0.05) is 12.1 Å². The van der Waals surface area contributed by atoms with Gasteiger partial charge in [0.05, 0.1) is 11.5 Å². The summed E-state index contributed by atoms with van der Waals surface area (Å²) in [7, 11) is 0. The summed E-state index contributed by atoms with van der Waals surface area (Å²) in [5, 5.41) is 22.6. The van der Waals surface area contributed by atoms with Crippen molar-refractivity contribution < 1.29 is 10.0 Å². The number of para-hydroxylation sites is 2. The summed E-state index contributed by atoms with van der Waals surface area (Å²) in [5.74, 6) is 0. The summed E-state index contributed by atoms with van der Waals surface area (Å²) in [6, 6.07) is 6.26. The maximum Gasteiger partial charge on any atom is 0.292 e. The molecule has 82 valence electrons. The number of anilines is 1. The van der Waals surface area contributed by atoms with Gasteiger partial charge in [-0.05, 0) is 12.5 Å². The van der Waals surface area contributed by atoms with E-state index in [4.69, 9.17) is 5.11 Å². The summed E-state index contributed by atoms with van der Waals surface area (Å²) < 4.78 is 0. The number of aliphatic hydroxyl groups excluding tert-OH is 1. The number of hydrogen-bond donors (Lipinski definition) is 2. The topological polar surface area (TPSA) is 75.4 Å². The fraction of sp³-hybridized carbons (Fsp3) is 0.400. The Labute approximate surface area is 87.9 Å². The molecule has 0 radical (unpaired) electrons. The van der Waals surface area contributed by atoms with Gasteiger partial charge in [0.1, 0.15) is 5.69 Å². The van der Waals surface area contributed by atoms with Gasteiger partial charge in [0.25, 0.3) is 5.69 Å². The lowest BCUT2D eigenvalue weighted by molar-refractivity contribution is -0.384. The van der Waals surface area contributed by atoms with E-state index in [2.05, 4.69) is 5.32 Å². The van der Waals surface area contributed by atoms with Gasteiger partial charge in [0.15, 0.2) is 0 Å². The minimum absolute atomic E-state index is 0.0319. The van der Waals surface area contributed by atoms with Crippen LogP contribution in [0.5, 0.6) is 0 Å². The van der Waals surface area contributed by atoms with Crippen molar-refractivity contribution in [2.75, 3.05) is 11.9 Å². The van der Waals surface area contributed by atoms with Gasteiger partial charge in [-0.3, -0.25) is 10.1 Å². The van der Waals surface area contributed by atoms with Crippen LogP contribution in [0.15, 0.2) is 24.3 Å². The third-order valence-corrected chi connectivity index (χ3v) is 2.17. The Morgan fingerprint density at radius 2 is 2.20 bits per heavy atom. The van der Waals surface area contributed by atoms with Crippen LogP contribution in [0.1, 0.15) is 13.3 Å². The van der Waals surface area contributed by atoms with Gasteiger partial charge in [-0.15, -0.1) is 0 Å². The average Bonchev–Trinajstić information content (AvgIpc) is 2.26. The van der Waals surface area contributed by atoms with Crippen molar-refractivity contribution >= 4 is 11.4 Å². The smallest absolute Gasteiger partial charge is 0.292 e. The summed E-state index contributed by atoms with van der Waals surface area (Å²) in [4.78, 5) is 10.2. The van der Waals surface area contributed by atoms with Crippen molar-refractivity contribution in [1.82, 2.24) is 0 Å². The molecule has 0 spiro atoms. The van der Waals surface area contributed by atoms with E-state index in [9.17, 15) is 10.1 Å². The van der Waals surface area contributed by atoms with Crippen LogP contribution in [0, 0.1) is 10.1 Å². The molecule has 0 heterocycles. The summed E-state index contributed by atoms with van der Waals surface area (Å²) >= 11 is 0.